The first kappa shape index (κ1) is 23.7. The number of benzene rings is 6. The lowest BCUT2D eigenvalue weighted by Gasteiger charge is -2.34. The fourth-order valence-corrected chi connectivity index (χ4v) is 6.83. The maximum atomic E-state index is 3.43. The zero-order valence-electron chi connectivity index (χ0n) is 22.9. The summed E-state index contributed by atoms with van der Waals surface area (Å²) < 4.78 is 0. The number of rotatable bonds is 4. The number of hydrogen-bond donors (Lipinski definition) is 1. The minimum Gasteiger partial charge on any atom is -0.361 e. The quantitative estimate of drug-likeness (QED) is 0.236. The first-order valence-electron chi connectivity index (χ1n) is 14.3. The van der Waals surface area contributed by atoms with Crippen molar-refractivity contribution in [2.24, 2.45) is 0 Å². The Morgan fingerprint density at radius 2 is 1.07 bits per heavy atom. The predicted molar refractivity (Wildman–Crippen MR) is 171 cm³/mol. The number of aromatic amines is 1. The maximum Gasteiger partial charge on any atom is 0.0714 e. The van der Waals surface area contributed by atoms with Crippen molar-refractivity contribution < 1.29 is 0 Å². The number of aryl methyl sites for hydroxylation is 1. The lowest BCUT2D eigenvalue weighted by Crippen LogP contribution is -2.28. The summed E-state index contributed by atoms with van der Waals surface area (Å²) in [5.74, 6) is 0. The van der Waals surface area contributed by atoms with Crippen LogP contribution in [0.3, 0.4) is 0 Å². The fraction of sp³-hybridized carbons (Fsp3) is 0.0500. The van der Waals surface area contributed by atoms with Crippen LogP contribution in [0.4, 0.5) is 0 Å². The van der Waals surface area contributed by atoms with Crippen LogP contribution in [0.25, 0.3) is 44.3 Å². The van der Waals surface area contributed by atoms with Gasteiger partial charge in [-0.1, -0.05) is 121 Å². The second-order valence-electron chi connectivity index (χ2n) is 11.1. The van der Waals surface area contributed by atoms with Gasteiger partial charge in [-0.15, -0.1) is 0 Å². The van der Waals surface area contributed by atoms with Crippen LogP contribution in [0.5, 0.6) is 0 Å². The predicted octanol–water partition coefficient (Wildman–Crippen LogP) is 10.2. The summed E-state index contributed by atoms with van der Waals surface area (Å²) in [6, 6.07) is 53.9. The van der Waals surface area contributed by atoms with Crippen LogP contribution in [-0.4, -0.2) is 4.98 Å². The largest absolute Gasteiger partial charge is 0.361 e. The molecule has 1 N–H and O–H groups in total. The van der Waals surface area contributed by atoms with E-state index in [4.69, 9.17) is 0 Å². The van der Waals surface area contributed by atoms with Crippen LogP contribution in [0.15, 0.2) is 152 Å². The number of hydrogen-bond acceptors (Lipinski definition) is 0. The summed E-state index contributed by atoms with van der Waals surface area (Å²) in [6.07, 6.45) is 2.00. The van der Waals surface area contributed by atoms with Crippen molar-refractivity contribution in [3.8, 4) is 33.5 Å². The lowest BCUT2D eigenvalue weighted by atomic mass is 9.67. The van der Waals surface area contributed by atoms with E-state index >= 15 is 0 Å². The van der Waals surface area contributed by atoms with Gasteiger partial charge in [-0.3, -0.25) is 0 Å². The molecule has 1 unspecified atom stereocenters. The Morgan fingerprint density at radius 1 is 0.463 bits per heavy atom. The van der Waals surface area contributed by atoms with Gasteiger partial charge in [-0.25, -0.2) is 0 Å². The van der Waals surface area contributed by atoms with Gasteiger partial charge in [0.1, 0.15) is 0 Å². The Labute approximate surface area is 240 Å². The van der Waals surface area contributed by atoms with Crippen molar-refractivity contribution in [1.82, 2.24) is 4.98 Å². The van der Waals surface area contributed by atoms with Gasteiger partial charge < -0.3 is 4.98 Å². The Bertz CT molecular complexity index is 2030. The van der Waals surface area contributed by atoms with Gasteiger partial charge in [0, 0.05) is 11.9 Å². The van der Waals surface area contributed by atoms with E-state index in [-0.39, 0.29) is 0 Å². The minimum atomic E-state index is -0.449. The average Bonchev–Trinajstić information content (AvgIpc) is 3.67. The van der Waals surface area contributed by atoms with E-state index in [1.54, 1.807) is 0 Å². The molecule has 1 aliphatic carbocycles. The molecule has 0 amide bonds. The van der Waals surface area contributed by atoms with Crippen LogP contribution in [0.1, 0.15) is 27.8 Å². The molecular weight excluding hydrogens is 494 g/mol. The minimum absolute atomic E-state index is 0.449. The highest BCUT2D eigenvalue weighted by molar-refractivity contribution is 5.92. The molecule has 0 saturated carbocycles. The molecule has 1 nitrogen and oxygen atoms in total. The zero-order chi connectivity index (χ0) is 27.4. The molecule has 194 valence electrons. The van der Waals surface area contributed by atoms with E-state index in [1.165, 1.54) is 66.4 Å². The van der Waals surface area contributed by atoms with Crippen molar-refractivity contribution >= 4 is 10.8 Å². The van der Waals surface area contributed by atoms with E-state index in [0.29, 0.717) is 0 Å². The van der Waals surface area contributed by atoms with Crippen LogP contribution in [0, 0.1) is 6.92 Å². The van der Waals surface area contributed by atoms with Gasteiger partial charge in [0.2, 0.25) is 0 Å². The molecule has 0 fully saturated rings. The van der Waals surface area contributed by atoms with E-state index in [0.717, 1.165) is 5.69 Å². The monoisotopic (exact) mass is 523 g/mol. The molecule has 1 aromatic heterocycles. The number of H-pyrrole nitrogens is 1. The highest BCUT2D eigenvalue weighted by Crippen LogP contribution is 2.57. The Kier molecular flexibility index (Phi) is 5.33. The third-order valence-corrected chi connectivity index (χ3v) is 8.82. The third kappa shape index (κ3) is 3.63. The van der Waals surface area contributed by atoms with Crippen molar-refractivity contribution in [2.75, 3.05) is 0 Å². The molecule has 0 bridgehead atoms. The third-order valence-electron chi connectivity index (χ3n) is 8.82. The molecule has 6 aromatic carbocycles. The molecule has 0 spiro atoms. The Morgan fingerprint density at radius 3 is 1.80 bits per heavy atom. The summed E-state index contributed by atoms with van der Waals surface area (Å²) in [4.78, 5) is 3.43. The lowest BCUT2D eigenvalue weighted by molar-refractivity contribution is 0.768. The molecule has 1 atom stereocenters. The van der Waals surface area contributed by atoms with Gasteiger partial charge >= 0.3 is 0 Å². The van der Waals surface area contributed by atoms with E-state index < -0.39 is 5.41 Å². The Hall–Kier alpha value is -5.14. The van der Waals surface area contributed by atoms with Crippen molar-refractivity contribution in [2.45, 2.75) is 12.3 Å². The van der Waals surface area contributed by atoms with E-state index in [1.807, 2.05) is 6.20 Å². The van der Waals surface area contributed by atoms with Gasteiger partial charge in [0.25, 0.3) is 0 Å². The summed E-state index contributed by atoms with van der Waals surface area (Å²) in [5.41, 5.74) is 13.4. The number of fused-ring (bicyclic) bond motifs is 4. The molecule has 41 heavy (non-hydrogen) atoms. The topological polar surface area (TPSA) is 15.8 Å². The van der Waals surface area contributed by atoms with Gasteiger partial charge in [0.15, 0.2) is 0 Å². The van der Waals surface area contributed by atoms with E-state index in [2.05, 4.69) is 158 Å². The molecule has 0 saturated heterocycles. The molecule has 1 aliphatic rings. The normalized spacial score (nSPS) is 15.5. The van der Waals surface area contributed by atoms with E-state index in [9.17, 15) is 0 Å². The second-order valence-corrected chi connectivity index (χ2v) is 11.1. The number of aromatic nitrogens is 1. The highest BCUT2D eigenvalue weighted by atomic mass is 14.7. The summed E-state index contributed by atoms with van der Waals surface area (Å²) in [6.45, 7) is 2.16. The van der Waals surface area contributed by atoms with Gasteiger partial charge in [0.05, 0.1) is 5.41 Å². The average molecular weight is 524 g/mol. The van der Waals surface area contributed by atoms with Gasteiger partial charge in [-0.2, -0.15) is 0 Å². The first-order chi connectivity index (χ1) is 20.2. The summed E-state index contributed by atoms with van der Waals surface area (Å²) in [7, 11) is 0. The smallest absolute Gasteiger partial charge is 0.0714 e. The molecule has 0 radical (unpaired) electrons. The first-order valence-corrected chi connectivity index (χ1v) is 14.3. The summed E-state index contributed by atoms with van der Waals surface area (Å²) in [5, 5.41) is 2.53. The highest BCUT2D eigenvalue weighted by Gasteiger charge is 2.46. The fourth-order valence-electron chi connectivity index (χ4n) is 6.83. The maximum absolute atomic E-state index is 3.43. The van der Waals surface area contributed by atoms with Crippen LogP contribution in [0.2, 0.25) is 0 Å². The van der Waals surface area contributed by atoms with Crippen LogP contribution in [-0.2, 0) is 5.41 Å². The molecule has 0 aliphatic heterocycles. The van der Waals surface area contributed by atoms with Gasteiger partial charge in [-0.05, 0) is 98.1 Å². The Balaban J connectivity index is 1.45. The van der Waals surface area contributed by atoms with Crippen molar-refractivity contribution in [3.63, 3.8) is 0 Å². The molecular formula is C40H29N. The molecule has 8 rings (SSSR count). The molecule has 1 heterocycles. The SMILES string of the molecule is Cc1ccc(C2(c3ccccc3)c3cc(-c4ccc5ccccc5c4)ccc3-c3ccc(-c4ccc[nH]4)cc32)cc1. The second kappa shape index (κ2) is 9.21. The number of nitrogens with one attached hydrogen (secondary N) is 1. The van der Waals surface area contributed by atoms with Crippen LogP contribution >= 0.6 is 0 Å². The summed E-state index contributed by atoms with van der Waals surface area (Å²) >= 11 is 0. The van der Waals surface area contributed by atoms with Crippen LogP contribution < -0.4 is 0 Å². The molecule has 1 heteroatoms. The molecule has 7 aromatic rings. The zero-order valence-corrected chi connectivity index (χ0v) is 22.9. The standard InChI is InChI=1S/C40H29N/c1-27-13-19-34(20-14-27)40(33-10-3-2-4-11-33)37-25-31(30-16-15-28-8-5-6-9-29(28)24-30)17-21-35(37)36-22-18-32(26-38(36)40)39-12-7-23-41-39/h2-26,41H,1H3. The van der Waals surface area contributed by atoms with Crippen molar-refractivity contribution in [3.05, 3.63) is 180 Å². The van der Waals surface area contributed by atoms with Crippen molar-refractivity contribution in [1.29, 1.82) is 0 Å².